The summed E-state index contributed by atoms with van der Waals surface area (Å²) in [6.45, 7) is 1.97. The molecular formula is C13H13N3O3. The van der Waals surface area contributed by atoms with Crippen LogP contribution in [0, 0.1) is 0 Å². The molecule has 0 aliphatic carbocycles. The van der Waals surface area contributed by atoms with E-state index >= 15 is 0 Å². The van der Waals surface area contributed by atoms with Crippen LogP contribution in [-0.2, 0) is 6.42 Å². The lowest BCUT2D eigenvalue weighted by Gasteiger charge is -2.09. The van der Waals surface area contributed by atoms with Gasteiger partial charge in [-0.15, -0.1) is 0 Å². The van der Waals surface area contributed by atoms with Crippen LogP contribution in [0.2, 0.25) is 0 Å². The molecule has 0 saturated carbocycles. The van der Waals surface area contributed by atoms with Gasteiger partial charge in [-0.3, -0.25) is 14.6 Å². The molecule has 2 aromatic rings. The van der Waals surface area contributed by atoms with Crippen LogP contribution in [0.5, 0.6) is 0 Å². The second-order valence-electron chi connectivity index (χ2n) is 3.97. The van der Waals surface area contributed by atoms with E-state index in [2.05, 4.69) is 10.3 Å². The number of anilines is 1. The number of nitrogens with one attached hydrogen (secondary N) is 3. The lowest BCUT2D eigenvalue weighted by atomic mass is 10.1. The molecule has 0 aliphatic rings. The van der Waals surface area contributed by atoms with Crippen LogP contribution in [0.15, 0.2) is 39.9 Å². The molecule has 0 aliphatic heterocycles. The van der Waals surface area contributed by atoms with Crippen LogP contribution < -0.4 is 16.6 Å². The molecule has 0 radical (unpaired) electrons. The first-order chi connectivity index (χ1) is 9.10. The number of hydrogen-bond acceptors (Lipinski definition) is 3. The molecule has 3 N–H and O–H groups in total. The number of aryl methyl sites for hydroxylation is 1. The van der Waals surface area contributed by atoms with Gasteiger partial charge in [0.2, 0.25) is 0 Å². The van der Waals surface area contributed by atoms with Crippen molar-refractivity contribution >= 4 is 11.6 Å². The summed E-state index contributed by atoms with van der Waals surface area (Å²) in [6, 6.07) is 8.39. The van der Waals surface area contributed by atoms with Crippen molar-refractivity contribution in [1.82, 2.24) is 9.97 Å². The summed E-state index contributed by atoms with van der Waals surface area (Å²) in [6.07, 6.45) is 0.766. The van der Waals surface area contributed by atoms with Crippen LogP contribution >= 0.6 is 0 Å². The first-order valence-corrected chi connectivity index (χ1v) is 5.83. The minimum absolute atomic E-state index is 0.0698. The third-order valence-corrected chi connectivity index (χ3v) is 2.65. The van der Waals surface area contributed by atoms with E-state index in [0.717, 1.165) is 18.1 Å². The Balaban J connectivity index is 2.30. The highest BCUT2D eigenvalue weighted by molar-refractivity contribution is 6.03. The highest BCUT2D eigenvalue weighted by atomic mass is 16.2. The van der Waals surface area contributed by atoms with E-state index in [1.165, 1.54) is 0 Å². The molecule has 0 spiro atoms. The molecule has 0 atom stereocenters. The van der Waals surface area contributed by atoms with Gasteiger partial charge in [-0.05, 0) is 18.1 Å². The summed E-state index contributed by atoms with van der Waals surface area (Å²) in [5, 5.41) is 2.67. The van der Waals surface area contributed by atoms with Gasteiger partial charge < -0.3 is 10.3 Å². The number of benzene rings is 1. The summed E-state index contributed by atoms with van der Waals surface area (Å²) < 4.78 is 0. The minimum Gasteiger partial charge on any atom is -0.320 e. The summed E-state index contributed by atoms with van der Waals surface area (Å²) in [4.78, 5) is 38.5. The summed E-state index contributed by atoms with van der Waals surface area (Å²) in [5.74, 6) is -0.524. The number of para-hydroxylation sites is 1. The zero-order chi connectivity index (χ0) is 13.8. The molecule has 0 fully saturated rings. The number of H-pyrrole nitrogens is 2. The third kappa shape index (κ3) is 2.98. The molecule has 19 heavy (non-hydrogen) atoms. The van der Waals surface area contributed by atoms with E-state index in [4.69, 9.17) is 0 Å². The Morgan fingerprint density at radius 3 is 2.63 bits per heavy atom. The van der Waals surface area contributed by atoms with Gasteiger partial charge in [0.25, 0.3) is 11.5 Å². The maximum atomic E-state index is 12.0. The molecule has 0 bridgehead atoms. The zero-order valence-corrected chi connectivity index (χ0v) is 10.3. The van der Waals surface area contributed by atoms with Crippen molar-refractivity contribution in [3.05, 3.63) is 62.4 Å². The predicted molar refractivity (Wildman–Crippen MR) is 71.5 cm³/mol. The fourth-order valence-electron chi connectivity index (χ4n) is 1.73. The van der Waals surface area contributed by atoms with Crippen molar-refractivity contribution in [2.75, 3.05) is 5.32 Å². The van der Waals surface area contributed by atoms with Gasteiger partial charge in [-0.25, -0.2) is 4.79 Å². The van der Waals surface area contributed by atoms with Gasteiger partial charge >= 0.3 is 5.69 Å². The molecule has 1 heterocycles. The van der Waals surface area contributed by atoms with Crippen molar-refractivity contribution in [3.63, 3.8) is 0 Å². The van der Waals surface area contributed by atoms with Gasteiger partial charge in [-0.2, -0.15) is 0 Å². The fourth-order valence-corrected chi connectivity index (χ4v) is 1.73. The Morgan fingerprint density at radius 1 is 1.21 bits per heavy atom. The summed E-state index contributed by atoms with van der Waals surface area (Å²) in [7, 11) is 0. The van der Waals surface area contributed by atoms with Crippen molar-refractivity contribution in [2.24, 2.45) is 0 Å². The van der Waals surface area contributed by atoms with E-state index in [-0.39, 0.29) is 5.69 Å². The van der Waals surface area contributed by atoms with E-state index in [9.17, 15) is 14.4 Å². The molecule has 98 valence electrons. The normalized spacial score (nSPS) is 10.2. The molecular weight excluding hydrogens is 246 g/mol. The second-order valence-corrected chi connectivity index (χ2v) is 3.97. The smallest absolute Gasteiger partial charge is 0.320 e. The highest BCUT2D eigenvalue weighted by Crippen LogP contribution is 2.15. The average Bonchev–Trinajstić information content (AvgIpc) is 2.38. The number of carbonyl (C=O) groups is 1. The Morgan fingerprint density at radius 2 is 1.95 bits per heavy atom. The zero-order valence-electron chi connectivity index (χ0n) is 10.3. The largest absolute Gasteiger partial charge is 0.326 e. The molecule has 0 saturated heterocycles. The van der Waals surface area contributed by atoms with Gasteiger partial charge in [0, 0.05) is 11.8 Å². The topological polar surface area (TPSA) is 94.8 Å². The monoisotopic (exact) mass is 259 g/mol. The van der Waals surface area contributed by atoms with Crippen LogP contribution in [0.3, 0.4) is 0 Å². The standard InChI is InChI=1S/C13H13N3O3/c1-2-8-5-3-4-6-9(8)14-12(18)10-7-11(17)16-13(19)15-10/h3-7H,2H2,1H3,(H,14,18)(H2,15,16,17,19). The number of rotatable bonds is 3. The van der Waals surface area contributed by atoms with Crippen molar-refractivity contribution in [1.29, 1.82) is 0 Å². The Labute approximate surface area is 108 Å². The van der Waals surface area contributed by atoms with Crippen LogP contribution in [0.25, 0.3) is 0 Å². The lowest BCUT2D eigenvalue weighted by molar-refractivity contribution is 0.102. The van der Waals surface area contributed by atoms with Gasteiger partial charge in [0.05, 0.1) is 0 Å². The second kappa shape index (κ2) is 5.34. The molecule has 6 heteroatoms. The highest BCUT2D eigenvalue weighted by Gasteiger charge is 2.10. The molecule has 6 nitrogen and oxygen atoms in total. The first kappa shape index (κ1) is 12.8. The Kier molecular flexibility index (Phi) is 3.61. The minimum atomic E-state index is -0.707. The van der Waals surface area contributed by atoms with Crippen molar-refractivity contribution in [3.8, 4) is 0 Å². The number of aromatic amines is 2. The number of hydrogen-bond donors (Lipinski definition) is 3. The Bertz CT molecular complexity index is 687. The van der Waals surface area contributed by atoms with E-state index in [0.29, 0.717) is 5.69 Å². The number of amides is 1. The number of aromatic nitrogens is 2. The molecule has 2 rings (SSSR count). The predicted octanol–water partition coefficient (Wildman–Crippen LogP) is 0.878. The Hall–Kier alpha value is -2.63. The van der Waals surface area contributed by atoms with E-state index in [1.54, 1.807) is 12.1 Å². The SMILES string of the molecule is CCc1ccccc1NC(=O)c1cc(=O)[nH]c(=O)[nH]1. The van der Waals surface area contributed by atoms with E-state index in [1.807, 2.05) is 24.0 Å². The van der Waals surface area contributed by atoms with Crippen LogP contribution in [0.4, 0.5) is 5.69 Å². The van der Waals surface area contributed by atoms with Gasteiger partial charge in [0.15, 0.2) is 0 Å². The van der Waals surface area contributed by atoms with Crippen molar-refractivity contribution < 1.29 is 4.79 Å². The molecule has 0 unspecified atom stereocenters. The van der Waals surface area contributed by atoms with Crippen molar-refractivity contribution in [2.45, 2.75) is 13.3 Å². The lowest BCUT2D eigenvalue weighted by Crippen LogP contribution is -2.27. The first-order valence-electron chi connectivity index (χ1n) is 5.83. The maximum Gasteiger partial charge on any atom is 0.326 e. The quantitative estimate of drug-likeness (QED) is 0.763. The molecule has 1 aromatic heterocycles. The van der Waals surface area contributed by atoms with Crippen LogP contribution in [0.1, 0.15) is 23.0 Å². The summed E-state index contributed by atoms with van der Waals surface area (Å²) >= 11 is 0. The van der Waals surface area contributed by atoms with E-state index < -0.39 is 17.2 Å². The summed E-state index contributed by atoms with van der Waals surface area (Å²) in [5.41, 5.74) is 0.248. The fraction of sp³-hybridized carbons (Fsp3) is 0.154. The molecule has 1 amide bonds. The van der Waals surface area contributed by atoms with Crippen LogP contribution in [-0.4, -0.2) is 15.9 Å². The van der Waals surface area contributed by atoms with Gasteiger partial charge in [-0.1, -0.05) is 25.1 Å². The maximum absolute atomic E-state index is 12.0. The third-order valence-electron chi connectivity index (χ3n) is 2.65. The van der Waals surface area contributed by atoms with Gasteiger partial charge in [0.1, 0.15) is 5.69 Å². The average molecular weight is 259 g/mol. The number of carbonyl (C=O) groups excluding carboxylic acids is 1. The molecule has 1 aromatic carbocycles.